The maximum atomic E-state index is 3.79. The van der Waals surface area contributed by atoms with E-state index in [0.717, 1.165) is 17.9 Å². The molecule has 0 aliphatic heterocycles. The molecule has 2 heteroatoms. The molecule has 0 bridgehead atoms. The Labute approximate surface area is 95.9 Å². The van der Waals surface area contributed by atoms with Crippen LogP contribution in [0, 0.1) is 11.8 Å². The Kier molecular flexibility index (Phi) is 2.80. The molecule has 2 fully saturated rings. The number of thiophene rings is 1. The number of nitrogens with one attached hydrogen (secondary N) is 1. The zero-order valence-electron chi connectivity index (χ0n) is 9.11. The van der Waals surface area contributed by atoms with Gasteiger partial charge in [0.2, 0.25) is 0 Å². The topological polar surface area (TPSA) is 12.0 Å². The van der Waals surface area contributed by atoms with E-state index in [1.54, 1.807) is 0 Å². The second-order valence-electron chi connectivity index (χ2n) is 5.04. The van der Waals surface area contributed by atoms with Gasteiger partial charge in [-0.1, -0.05) is 0 Å². The van der Waals surface area contributed by atoms with Crippen molar-refractivity contribution in [2.75, 3.05) is 6.54 Å². The highest BCUT2D eigenvalue weighted by Crippen LogP contribution is 2.44. The number of rotatable bonds is 6. The molecule has 0 amide bonds. The summed E-state index contributed by atoms with van der Waals surface area (Å²) in [5.41, 5.74) is 1.50. The molecule has 1 aromatic heterocycles. The molecule has 1 nitrogen and oxygen atoms in total. The van der Waals surface area contributed by atoms with Crippen LogP contribution in [0.3, 0.4) is 0 Å². The van der Waals surface area contributed by atoms with E-state index in [4.69, 9.17) is 0 Å². The minimum atomic E-state index is 0.864. The van der Waals surface area contributed by atoms with Gasteiger partial charge < -0.3 is 5.32 Å². The predicted octanol–water partition coefficient (Wildman–Crippen LogP) is 3.07. The first kappa shape index (κ1) is 9.86. The molecule has 0 atom stereocenters. The molecule has 1 aromatic rings. The van der Waals surface area contributed by atoms with E-state index in [0.29, 0.717) is 0 Å². The summed E-state index contributed by atoms with van der Waals surface area (Å²) in [5.74, 6) is 2.06. The molecular formula is C13H19NS. The highest BCUT2D eigenvalue weighted by molar-refractivity contribution is 7.07. The largest absolute Gasteiger partial charge is 0.313 e. The van der Waals surface area contributed by atoms with E-state index in [1.807, 2.05) is 11.3 Å². The summed E-state index contributed by atoms with van der Waals surface area (Å²) in [7, 11) is 0. The maximum absolute atomic E-state index is 3.79. The Morgan fingerprint density at radius 3 is 2.53 bits per heavy atom. The lowest BCUT2D eigenvalue weighted by atomic mass is 10.1. The number of hydrogen-bond donors (Lipinski definition) is 1. The number of hydrogen-bond acceptors (Lipinski definition) is 2. The summed E-state index contributed by atoms with van der Waals surface area (Å²) < 4.78 is 0. The third kappa shape index (κ3) is 2.61. The molecule has 2 saturated carbocycles. The van der Waals surface area contributed by atoms with Gasteiger partial charge in [0.15, 0.2) is 0 Å². The zero-order valence-corrected chi connectivity index (χ0v) is 9.93. The van der Waals surface area contributed by atoms with Gasteiger partial charge >= 0.3 is 0 Å². The van der Waals surface area contributed by atoms with E-state index in [-0.39, 0.29) is 0 Å². The monoisotopic (exact) mass is 221 g/mol. The van der Waals surface area contributed by atoms with E-state index in [2.05, 4.69) is 22.1 Å². The van der Waals surface area contributed by atoms with Gasteiger partial charge in [0, 0.05) is 6.04 Å². The molecule has 2 aliphatic rings. The lowest BCUT2D eigenvalue weighted by Gasteiger charge is -2.17. The molecular weight excluding hydrogens is 202 g/mol. The predicted molar refractivity (Wildman–Crippen MR) is 65.3 cm³/mol. The molecule has 0 spiro atoms. The molecule has 82 valence electrons. The third-order valence-electron chi connectivity index (χ3n) is 3.63. The fourth-order valence-electron chi connectivity index (χ4n) is 2.45. The van der Waals surface area contributed by atoms with Crippen molar-refractivity contribution in [2.45, 2.75) is 38.1 Å². The average Bonchev–Trinajstić information content (AvgIpc) is 3.15. The van der Waals surface area contributed by atoms with Crippen molar-refractivity contribution in [1.29, 1.82) is 0 Å². The minimum Gasteiger partial charge on any atom is -0.313 e. The fraction of sp³-hybridized carbons (Fsp3) is 0.692. The molecule has 1 heterocycles. The van der Waals surface area contributed by atoms with Crippen molar-refractivity contribution < 1.29 is 0 Å². The molecule has 0 unspecified atom stereocenters. The van der Waals surface area contributed by atoms with Crippen molar-refractivity contribution in [2.24, 2.45) is 11.8 Å². The normalized spacial score (nSPS) is 21.1. The molecule has 15 heavy (non-hydrogen) atoms. The van der Waals surface area contributed by atoms with E-state index in [9.17, 15) is 0 Å². The summed E-state index contributed by atoms with van der Waals surface area (Å²) in [4.78, 5) is 0. The van der Waals surface area contributed by atoms with Crippen molar-refractivity contribution in [3.63, 3.8) is 0 Å². The highest BCUT2D eigenvalue weighted by atomic mass is 32.1. The first-order valence-corrected chi connectivity index (χ1v) is 7.12. The molecule has 0 radical (unpaired) electrons. The van der Waals surface area contributed by atoms with Crippen LogP contribution in [0.5, 0.6) is 0 Å². The summed E-state index contributed by atoms with van der Waals surface area (Å²) in [6, 6.07) is 3.11. The van der Waals surface area contributed by atoms with Crippen molar-refractivity contribution >= 4 is 11.3 Å². The zero-order chi connectivity index (χ0) is 10.1. The van der Waals surface area contributed by atoms with Gasteiger partial charge in [-0.25, -0.2) is 0 Å². The summed E-state index contributed by atoms with van der Waals surface area (Å²) in [6.45, 7) is 1.18. The van der Waals surface area contributed by atoms with Gasteiger partial charge in [-0.2, -0.15) is 11.3 Å². The van der Waals surface area contributed by atoms with Crippen LogP contribution in [0.4, 0.5) is 0 Å². The van der Waals surface area contributed by atoms with Crippen LogP contribution in [-0.4, -0.2) is 12.6 Å². The van der Waals surface area contributed by atoms with Gasteiger partial charge in [0.1, 0.15) is 0 Å². The average molecular weight is 221 g/mol. The quantitative estimate of drug-likeness (QED) is 0.778. The lowest BCUT2D eigenvalue weighted by molar-refractivity contribution is 0.420. The Bertz CT molecular complexity index is 286. The Hall–Kier alpha value is -0.340. The van der Waals surface area contributed by atoms with Crippen LogP contribution >= 0.6 is 11.3 Å². The van der Waals surface area contributed by atoms with Gasteiger partial charge in [-0.3, -0.25) is 0 Å². The van der Waals surface area contributed by atoms with Gasteiger partial charge in [0.25, 0.3) is 0 Å². The van der Waals surface area contributed by atoms with Gasteiger partial charge in [-0.15, -0.1) is 0 Å². The van der Waals surface area contributed by atoms with Crippen LogP contribution < -0.4 is 5.32 Å². The van der Waals surface area contributed by atoms with Gasteiger partial charge in [-0.05, 0) is 72.9 Å². The van der Waals surface area contributed by atoms with Crippen molar-refractivity contribution in [3.05, 3.63) is 22.4 Å². The lowest BCUT2D eigenvalue weighted by Crippen LogP contribution is -2.34. The maximum Gasteiger partial charge on any atom is 0.0124 e. The minimum absolute atomic E-state index is 0.864. The highest BCUT2D eigenvalue weighted by Gasteiger charge is 2.40. The first-order chi connectivity index (χ1) is 7.43. The Balaban J connectivity index is 1.44. The third-order valence-corrected chi connectivity index (χ3v) is 4.37. The second kappa shape index (κ2) is 4.26. The molecule has 1 N–H and O–H groups in total. The smallest absolute Gasteiger partial charge is 0.0124 e. The molecule has 0 saturated heterocycles. The molecule has 2 aliphatic carbocycles. The SMILES string of the molecule is c1cc(CCNC(C2CC2)C2CC2)cs1. The van der Waals surface area contributed by atoms with E-state index < -0.39 is 0 Å². The van der Waals surface area contributed by atoms with Gasteiger partial charge in [0.05, 0.1) is 0 Å². The van der Waals surface area contributed by atoms with Crippen LogP contribution in [0.15, 0.2) is 16.8 Å². The summed E-state index contributed by atoms with van der Waals surface area (Å²) >= 11 is 1.81. The van der Waals surface area contributed by atoms with Crippen molar-refractivity contribution in [3.8, 4) is 0 Å². The first-order valence-electron chi connectivity index (χ1n) is 6.18. The fourth-order valence-corrected chi connectivity index (χ4v) is 3.15. The Morgan fingerprint density at radius 2 is 2.00 bits per heavy atom. The van der Waals surface area contributed by atoms with Crippen LogP contribution in [0.2, 0.25) is 0 Å². The molecule has 0 aromatic carbocycles. The standard InChI is InChI=1S/C13H19NS/c1-2-11(1)13(12-3-4-12)14-7-5-10-6-8-15-9-10/h6,8-9,11-14H,1-5,7H2. The van der Waals surface area contributed by atoms with Crippen LogP contribution in [0.25, 0.3) is 0 Å². The van der Waals surface area contributed by atoms with Crippen LogP contribution in [0.1, 0.15) is 31.2 Å². The van der Waals surface area contributed by atoms with E-state index >= 15 is 0 Å². The second-order valence-corrected chi connectivity index (χ2v) is 5.82. The van der Waals surface area contributed by atoms with Crippen LogP contribution in [-0.2, 0) is 6.42 Å². The molecule has 3 rings (SSSR count). The Morgan fingerprint density at radius 1 is 1.27 bits per heavy atom. The summed E-state index contributed by atoms with van der Waals surface area (Å²) in [6.07, 6.45) is 7.12. The summed E-state index contributed by atoms with van der Waals surface area (Å²) in [5, 5.41) is 8.23. The van der Waals surface area contributed by atoms with Crippen molar-refractivity contribution in [1.82, 2.24) is 5.32 Å². The van der Waals surface area contributed by atoms with E-state index in [1.165, 1.54) is 44.2 Å².